The van der Waals surface area contributed by atoms with Crippen molar-refractivity contribution in [1.29, 1.82) is 0 Å². The Labute approximate surface area is 153 Å². The van der Waals surface area contributed by atoms with Gasteiger partial charge in [0.2, 0.25) is 0 Å². The molecule has 0 aliphatic heterocycles. The van der Waals surface area contributed by atoms with Crippen LogP contribution in [-0.4, -0.2) is 25.1 Å². The lowest BCUT2D eigenvalue weighted by Gasteiger charge is -2.14. The molecule has 3 aromatic rings. The summed E-state index contributed by atoms with van der Waals surface area (Å²) >= 11 is 3.23. The fraction of sp³-hybridized carbons (Fsp3) is 0.222. The molecule has 1 atom stereocenters. The van der Waals surface area contributed by atoms with E-state index < -0.39 is 6.04 Å². The molecule has 0 fully saturated rings. The second kappa shape index (κ2) is 7.14. The number of carbonyl (C=O) groups is 1. The summed E-state index contributed by atoms with van der Waals surface area (Å²) in [5, 5.41) is 4.33. The molecule has 128 valence electrons. The van der Waals surface area contributed by atoms with Gasteiger partial charge < -0.3 is 4.57 Å². The van der Waals surface area contributed by atoms with Crippen molar-refractivity contribution in [3.63, 3.8) is 0 Å². The maximum Gasteiger partial charge on any atom is 0.269 e. The molecule has 0 aliphatic carbocycles. The van der Waals surface area contributed by atoms with Crippen molar-refractivity contribution in [3.05, 3.63) is 80.7 Å². The van der Waals surface area contributed by atoms with E-state index in [9.17, 15) is 9.59 Å². The molecule has 3 rings (SSSR count). The topological polar surface area (TPSA) is 69.8 Å². The van der Waals surface area contributed by atoms with Crippen LogP contribution in [0.3, 0.4) is 0 Å². The van der Waals surface area contributed by atoms with E-state index in [0.717, 1.165) is 11.3 Å². The van der Waals surface area contributed by atoms with E-state index in [1.54, 1.807) is 17.8 Å². The van der Waals surface area contributed by atoms with Crippen molar-refractivity contribution in [2.45, 2.75) is 26.4 Å². The molecule has 0 spiro atoms. The van der Waals surface area contributed by atoms with E-state index in [1.165, 1.54) is 17.0 Å². The van der Waals surface area contributed by atoms with Crippen molar-refractivity contribution in [1.82, 2.24) is 19.3 Å². The first-order valence-corrected chi connectivity index (χ1v) is 8.61. The lowest BCUT2D eigenvalue weighted by atomic mass is 10.1. The van der Waals surface area contributed by atoms with Crippen LogP contribution in [0.4, 0.5) is 0 Å². The van der Waals surface area contributed by atoms with E-state index in [4.69, 9.17) is 0 Å². The van der Waals surface area contributed by atoms with Gasteiger partial charge in [0.25, 0.3) is 5.56 Å². The second-order valence-corrected chi connectivity index (χ2v) is 6.60. The quantitative estimate of drug-likeness (QED) is 0.617. The Kier molecular flexibility index (Phi) is 4.94. The van der Waals surface area contributed by atoms with E-state index in [2.05, 4.69) is 26.0 Å². The number of nitrogens with zero attached hydrogens (tertiary/aromatic N) is 4. The molecule has 2 aromatic heterocycles. The standard InChI is InChI=1S/C18H17BrN4O2/c1-12-15(8-21-23(12)10-14-6-4-3-5-7-14)18(25)13(2)22-11-16(19)20-9-17(22)24/h3-9,11,13H,10H2,1-2H3. The maximum absolute atomic E-state index is 12.8. The van der Waals surface area contributed by atoms with Crippen molar-refractivity contribution >= 4 is 21.7 Å². The number of benzene rings is 1. The third-order valence-electron chi connectivity index (χ3n) is 4.14. The van der Waals surface area contributed by atoms with Crippen LogP contribution in [0.5, 0.6) is 0 Å². The molecule has 0 amide bonds. The molecule has 0 aliphatic rings. The average Bonchev–Trinajstić information content (AvgIpc) is 2.97. The third-order valence-corrected chi connectivity index (χ3v) is 4.55. The zero-order valence-corrected chi connectivity index (χ0v) is 15.5. The Hall–Kier alpha value is -2.54. The molecule has 0 saturated carbocycles. The van der Waals surface area contributed by atoms with Crippen molar-refractivity contribution in [3.8, 4) is 0 Å². The van der Waals surface area contributed by atoms with Gasteiger partial charge in [-0.25, -0.2) is 4.98 Å². The predicted molar refractivity (Wildman–Crippen MR) is 97.7 cm³/mol. The lowest BCUT2D eigenvalue weighted by molar-refractivity contribution is 0.0932. The summed E-state index contributed by atoms with van der Waals surface area (Å²) < 4.78 is 3.66. The summed E-state index contributed by atoms with van der Waals surface area (Å²) in [5.41, 5.74) is 2.08. The van der Waals surface area contributed by atoms with E-state index in [0.29, 0.717) is 16.7 Å². The van der Waals surface area contributed by atoms with Gasteiger partial charge in [0.15, 0.2) is 5.78 Å². The van der Waals surface area contributed by atoms with Crippen molar-refractivity contribution in [2.24, 2.45) is 0 Å². The smallest absolute Gasteiger partial charge is 0.269 e. The number of halogens is 1. The van der Waals surface area contributed by atoms with Gasteiger partial charge in [-0.05, 0) is 35.3 Å². The summed E-state index contributed by atoms with van der Waals surface area (Å²) in [7, 11) is 0. The first-order valence-electron chi connectivity index (χ1n) is 7.81. The minimum Gasteiger partial charge on any atom is -0.301 e. The Bertz CT molecular complexity index is 963. The summed E-state index contributed by atoms with van der Waals surface area (Å²) in [5.74, 6) is -0.156. The first-order chi connectivity index (χ1) is 12.0. The minimum absolute atomic E-state index is 0.156. The summed E-state index contributed by atoms with van der Waals surface area (Å²) in [6.45, 7) is 4.15. The minimum atomic E-state index is -0.639. The van der Waals surface area contributed by atoms with Gasteiger partial charge in [0.05, 0.1) is 30.5 Å². The normalized spacial score (nSPS) is 12.1. The van der Waals surface area contributed by atoms with Gasteiger partial charge in [-0.1, -0.05) is 30.3 Å². The molecule has 0 bridgehead atoms. The van der Waals surface area contributed by atoms with Crippen LogP contribution in [0.2, 0.25) is 0 Å². The number of carbonyl (C=O) groups excluding carboxylic acids is 1. The number of ketones is 1. The molecule has 1 unspecified atom stereocenters. The zero-order chi connectivity index (χ0) is 18.0. The highest BCUT2D eigenvalue weighted by atomic mass is 79.9. The van der Waals surface area contributed by atoms with Crippen LogP contribution in [0.15, 0.2) is 58.3 Å². The molecule has 0 radical (unpaired) electrons. The fourth-order valence-electron chi connectivity index (χ4n) is 2.65. The summed E-state index contributed by atoms with van der Waals surface area (Å²) in [6.07, 6.45) is 4.28. The zero-order valence-electron chi connectivity index (χ0n) is 13.9. The molecule has 2 heterocycles. The number of rotatable bonds is 5. The monoisotopic (exact) mass is 400 g/mol. The third kappa shape index (κ3) is 3.61. The van der Waals surface area contributed by atoms with E-state index in [1.807, 2.05) is 37.3 Å². The van der Waals surface area contributed by atoms with Crippen molar-refractivity contribution < 1.29 is 4.79 Å². The molecule has 1 aromatic carbocycles. The van der Waals surface area contributed by atoms with E-state index >= 15 is 0 Å². The highest BCUT2D eigenvalue weighted by molar-refractivity contribution is 9.10. The molecule has 7 heteroatoms. The van der Waals surface area contributed by atoms with Crippen LogP contribution >= 0.6 is 15.9 Å². The number of aromatic nitrogens is 4. The Morgan fingerprint density at radius 1 is 1.24 bits per heavy atom. The average molecular weight is 401 g/mol. The van der Waals surface area contributed by atoms with Gasteiger partial charge in [-0.2, -0.15) is 5.10 Å². The summed E-state index contributed by atoms with van der Waals surface area (Å²) in [4.78, 5) is 28.7. The predicted octanol–water partition coefficient (Wildman–Crippen LogP) is 3.00. The fourth-order valence-corrected chi connectivity index (χ4v) is 2.98. The van der Waals surface area contributed by atoms with Gasteiger partial charge in [-0.15, -0.1) is 0 Å². The van der Waals surface area contributed by atoms with Crippen molar-refractivity contribution in [2.75, 3.05) is 0 Å². The Morgan fingerprint density at radius 2 is 1.96 bits per heavy atom. The molecular weight excluding hydrogens is 384 g/mol. The highest BCUT2D eigenvalue weighted by Gasteiger charge is 2.22. The Balaban J connectivity index is 1.88. The number of Topliss-reactive ketones (excluding diaryl/α,β-unsaturated/α-hetero) is 1. The Morgan fingerprint density at radius 3 is 2.68 bits per heavy atom. The van der Waals surface area contributed by atoms with Crippen LogP contribution in [0.25, 0.3) is 0 Å². The first kappa shape index (κ1) is 17.3. The van der Waals surface area contributed by atoms with Gasteiger partial charge in [0, 0.05) is 11.9 Å². The molecule has 6 nitrogen and oxygen atoms in total. The maximum atomic E-state index is 12.8. The highest BCUT2D eigenvalue weighted by Crippen LogP contribution is 2.18. The molecule has 0 N–H and O–H groups in total. The van der Waals surface area contributed by atoms with Gasteiger partial charge >= 0.3 is 0 Å². The van der Waals surface area contributed by atoms with E-state index in [-0.39, 0.29) is 11.3 Å². The molecule has 0 saturated heterocycles. The molecule has 25 heavy (non-hydrogen) atoms. The SMILES string of the molecule is Cc1c(C(=O)C(C)n2cc(Br)ncc2=O)cnn1Cc1ccccc1. The number of hydrogen-bond acceptors (Lipinski definition) is 4. The number of hydrogen-bond donors (Lipinski definition) is 0. The molecular formula is C18H17BrN4O2. The van der Waals surface area contributed by atoms with Crippen LogP contribution < -0.4 is 5.56 Å². The van der Waals surface area contributed by atoms with Crippen LogP contribution in [0, 0.1) is 6.92 Å². The largest absolute Gasteiger partial charge is 0.301 e. The second-order valence-electron chi connectivity index (χ2n) is 5.78. The van der Waals surface area contributed by atoms with Gasteiger partial charge in [0.1, 0.15) is 4.60 Å². The van der Waals surface area contributed by atoms with Gasteiger partial charge in [-0.3, -0.25) is 14.3 Å². The lowest BCUT2D eigenvalue weighted by Crippen LogP contribution is -2.28. The summed E-state index contributed by atoms with van der Waals surface area (Å²) in [6, 6.07) is 9.28. The van der Waals surface area contributed by atoms with Crippen LogP contribution in [-0.2, 0) is 6.54 Å². The van der Waals surface area contributed by atoms with Crippen LogP contribution in [0.1, 0.15) is 34.6 Å².